The normalized spacial score (nSPS) is 15.9. The molecule has 1 aromatic carbocycles. The van der Waals surface area contributed by atoms with E-state index in [0.29, 0.717) is 38.6 Å². The Balaban J connectivity index is 1.88. The number of allylic oxidation sites excluding steroid dienone is 1. The molecule has 1 N–H and O–H groups in total. The van der Waals surface area contributed by atoms with E-state index in [1.165, 1.54) is 10.5 Å². The molecule has 0 spiro atoms. The summed E-state index contributed by atoms with van der Waals surface area (Å²) < 4.78 is 31.1. The minimum atomic E-state index is -3.78. The van der Waals surface area contributed by atoms with E-state index in [0.717, 1.165) is 11.0 Å². The second-order valence-electron chi connectivity index (χ2n) is 6.02. The molecule has 132 valence electrons. The highest BCUT2D eigenvalue weighted by Crippen LogP contribution is 2.15. The van der Waals surface area contributed by atoms with Gasteiger partial charge in [-0.25, -0.2) is 17.9 Å². The number of rotatable bonds is 5. The molecule has 7 heteroatoms. The number of nitrogens with one attached hydrogen (secondary N) is 1. The Labute approximate surface area is 143 Å². The number of hydrogen-bond donors (Lipinski definition) is 1. The van der Waals surface area contributed by atoms with E-state index >= 15 is 0 Å². The summed E-state index contributed by atoms with van der Waals surface area (Å²) in [5.74, 6) is 0.463. The van der Waals surface area contributed by atoms with Crippen molar-refractivity contribution in [1.82, 2.24) is 9.62 Å². The van der Waals surface area contributed by atoms with E-state index < -0.39 is 16.1 Å². The first-order valence-electron chi connectivity index (χ1n) is 8.02. The van der Waals surface area contributed by atoms with E-state index in [4.69, 9.17) is 4.74 Å². The lowest BCUT2D eigenvalue weighted by atomic mass is 10.0. The van der Waals surface area contributed by atoms with Gasteiger partial charge in [0.05, 0.1) is 13.2 Å². The van der Waals surface area contributed by atoms with E-state index in [1.54, 1.807) is 6.08 Å². The lowest BCUT2D eigenvalue weighted by molar-refractivity contribution is 0.0545. The van der Waals surface area contributed by atoms with Crippen LogP contribution in [0.5, 0.6) is 0 Å². The van der Waals surface area contributed by atoms with E-state index in [-0.39, 0.29) is 0 Å². The third kappa shape index (κ3) is 5.65. The Hall–Kier alpha value is -1.86. The fraction of sp³-hybridized carbons (Fsp3) is 0.471. The predicted octanol–water partition coefficient (Wildman–Crippen LogP) is 2.24. The molecule has 2 rings (SSSR count). The van der Waals surface area contributed by atoms with Gasteiger partial charge in [-0.15, -0.1) is 0 Å². The first-order chi connectivity index (χ1) is 11.4. The molecule has 1 aliphatic rings. The van der Waals surface area contributed by atoms with Gasteiger partial charge in [-0.05, 0) is 23.5 Å². The van der Waals surface area contributed by atoms with Crippen molar-refractivity contribution in [2.24, 2.45) is 0 Å². The summed E-state index contributed by atoms with van der Waals surface area (Å²) in [4.78, 5) is 13.3. The van der Waals surface area contributed by atoms with Crippen LogP contribution in [0.25, 0.3) is 0 Å². The fourth-order valence-electron chi connectivity index (χ4n) is 2.34. The third-order valence-corrected chi connectivity index (χ3v) is 4.81. The monoisotopic (exact) mass is 352 g/mol. The van der Waals surface area contributed by atoms with E-state index in [2.05, 4.69) is 18.6 Å². The first-order valence-corrected chi connectivity index (χ1v) is 9.57. The highest BCUT2D eigenvalue weighted by Gasteiger charge is 2.20. The van der Waals surface area contributed by atoms with Crippen molar-refractivity contribution >= 4 is 16.1 Å². The Bertz CT molecular complexity index is 675. The van der Waals surface area contributed by atoms with E-state index in [9.17, 15) is 13.2 Å². The summed E-state index contributed by atoms with van der Waals surface area (Å²) in [6, 6.07) is 7.45. The van der Waals surface area contributed by atoms with Crippen LogP contribution in [0, 0.1) is 0 Å². The summed E-state index contributed by atoms with van der Waals surface area (Å²) in [6.07, 6.45) is 2.03. The standard InChI is InChI=1S/C17H24N2O4S/c1-14(2)16-7-5-15(6-8-16)4-3-13-24(21,22)18-17(20)19-9-11-23-12-10-19/h3,5-8,13-14H,4,9-12H2,1-2H3,(H,18,20). The minimum Gasteiger partial charge on any atom is -0.378 e. The van der Waals surface area contributed by atoms with Crippen LogP contribution in [0.3, 0.4) is 0 Å². The van der Waals surface area contributed by atoms with Crippen molar-refractivity contribution in [3.8, 4) is 0 Å². The number of nitrogens with zero attached hydrogens (tertiary/aromatic N) is 1. The summed E-state index contributed by atoms with van der Waals surface area (Å²) in [5, 5.41) is 1.04. The molecule has 1 fully saturated rings. The average Bonchev–Trinajstić information content (AvgIpc) is 2.55. The molecule has 1 saturated heterocycles. The molecule has 0 aromatic heterocycles. The molecule has 0 aliphatic carbocycles. The van der Waals surface area contributed by atoms with Crippen molar-refractivity contribution in [3.63, 3.8) is 0 Å². The number of morpholine rings is 1. The maximum atomic E-state index is 11.9. The second-order valence-corrected chi connectivity index (χ2v) is 7.59. The molecule has 1 aliphatic heterocycles. The van der Waals surface area contributed by atoms with Gasteiger partial charge in [0.15, 0.2) is 0 Å². The molecular formula is C17H24N2O4S. The van der Waals surface area contributed by atoms with Gasteiger partial charge < -0.3 is 9.64 Å². The second kappa shape index (κ2) is 8.30. The number of urea groups is 1. The quantitative estimate of drug-likeness (QED) is 0.882. The molecule has 2 amide bonds. The fourth-order valence-corrected chi connectivity index (χ4v) is 3.13. The Morgan fingerprint density at radius 1 is 1.25 bits per heavy atom. The van der Waals surface area contributed by atoms with Gasteiger partial charge in [0.1, 0.15) is 0 Å². The Kier molecular flexibility index (Phi) is 6.39. The van der Waals surface area contributed by atoms with Crippen molar-refractivity contribution in [3.05, 3.63) is 46.9 Å². The van der Waals surface area contributed by atoms with E-state index in [1.807, 2.05) is 24.3 Å². The average molecular weight is 352 g/mol. The van der Waals surface area contributed by atoms with Crippen LogP contribution in [-0.4, -0.2) is 45.7 Å². The molecule has 0 atom stereocenters. The zero-order valence-electron chi connectivity index (χ0n) is 14.1. The zero-order chi connectivity index (χ0) is 17.6. The van der Waals surface area contributed by atoms with Gasteiger partial charge in [0.25, 0.3) is 10.0 Å². The van der Waals surface area contributed by atoms with Crippen molar-refractivity contribution < 1.29 is 17.9 Å². The lowest BCUT2D eigenvalue weighted by Gasteiger charge is -2.26. The van der Waals surface area contributed by atoms with Crippen molar-refractivity contribution in [1.29, 1.82) is 0 Å². The van der Waals surface area contributed by atoms with Gasteiger partial charge in [-0.1, -0.05) is 44.2 Å². The molecule has 24 heavy (non-hydrogen) atoms. The highest BCUT2D eigenvalue weighted by molar-refractivity contribution is 7.92. The third-order valence-electron chi connectivity index (χ3n) is 3.80. The van der Waals surface area contributed by atoms with Crippen LogP contribution >= 0.6 is 0 Å². The summed E-state index contributed by atoms with van der Waals surface area (Å²) in [5.41, 5.74) is 2.26. The molecule has 1 aromatic rings. The van der Waals surface area contributed by atoms with Crippen LogP contribution in [0.1, 0.15) is 30.9 Å². The minimum absolute atomic E-state index is 0.396. The maximum absolute atomic E-state index is 11.9. The maximum Gasteiger partial charge on any atom is 0.331 e. The lowest BCUT2D eigenvalue weighted by Crippen LogP contribution is -2.47. The van der Waals surface area contributed by atoms with Crippen LogP contribution in [0.15, 0.2) is 35.7 Å². The predicted molar refractivity (Wildman–Crippen MR) is 93.2 cm³/mol. The van der Waals surface area contributed by atoms with Gasteiger partial charge in [0.2, 0.25) is 0 Å². The summed E-state index contributed by atoms with van der Waals surface area (Å²) in [7, 11) is -3.78. The molecule has 0 unspecified atom stereocenters. The number of ether oxygens (including phenoxy) is 1. The SMILES string of the molecule is CC(C)c1ccc(CC=CS(=O)(=O)NC(=O)N2CCOCC2)cc1. The van der Waals surface area contributed by atoms with Gasteiger partial charge >= 0.3 is 6.03 Å². The zero-order valence-corrected chi connectivity index (χ0v) is 14.9. The number of sulfonamides is 1. The number of carbonyl (C=O) groups is 1. The summed E-state index contributed by atoms with van der Waals surface area (Å²) >= 11 is 0. The van der Waals surface area contributed by atoms with Crippen LogP contribution in [-0.2, 0) is 21.2 Å². The van der Waals surface area contributed by atoms with Crippen molar-refractivity contribution in [2.45, 2.75) is 26.2 Å². The van der Waals surface area contributed by atoms with Crippen LogP contribution in [0.4, 0.5) is 4.79 Å². The van der Waals surface area contributed by atoms with Gasteiger partial charge in [-0.2, -0.15) is 0 Å². The Morgan fingerprint density at radius 2 is 1.88 bits per heavy atom. The van der Waals surface area contributed by atoms with Crippen LogP contribution < -0.4 is 4.72 Å². The molecule has 0 radical (unpaired) electrons. The molecule has 0 saturated carbocycles. The Morgan fingerprint density at radius 3 is 2.46 bits per heavy atom. The topological polar surface area (TPSA) is 75.7 Å². The molecule has 1 heterocycles. The number of carbonyl (C=O) groups excluding carboxylic acids is 1. The highest BCUT2D eigenvalue weighted by atomic mass is 32.2. The number of amides is 2. The smallest absolute Gasteiger partial charge is 0.331 e. The first kappa shape index (κ1) is 18.5. The van der Waals surface area contributed by atoms with Crippen LogP contribution in [0.2, 0.25) is 0 Å². The van der Waals surface area contributed by atoms with Gasteiger partial charge in [-0.3, -0.25) is 0 Å². The molecule has 6 nitrogen and oxygen atoms in total. The van der Waals surface area contributed by atoms with Gasteiger partial charge in [0, 0.05) is 18.5 Å². The number of benzene rings is 1. The summed E-state index contributed by atoms with van der Waals surface area (Å²) in [6.45, 7) is 5.89. The molecular weight excluding hydrogens is 328 g/mol. The molecule has 0 bridgehead atoms. The van der Waals surface area contributed by atoms with Crippen molar-refractivity contribution in [2.75, 3.05) is 26.3 Å². The number of hydrogen-bond acceptors (Lipinski definition) is 4. The largest absolute Gasteiger partial charge is 0.378 e.